The van der Waals surface area contributed by atoms with Crippen LogP contribution >= 0.6 is 0 Å². The molecule has 0 saturated heterocycles. The Kier molecular flexibility index (Phi) is 5.50. The van der Waals surface area contributed by atoms with Crippen molar-refractivity contribution in [3.05, 3.63) is 24.0 Å². The Hall–Kier alpha value is -1.18. The van der Waals surface area contributed by atoms with E-state index in [0.717, 1.165) is 18.9 Å². The van der Waals surface area contributed by atoms with E-state index in [1.807, 2.05) is 13.8 Å². The van der Waals surface area contributed by atoms with Crippen LogP contribution in [0.4, 0.5) is 10.1 Å². The standard InChI is InChI=1S/C13H21FN2O3S/c1-3-13(4-2,9-17)8-16-12-6-5-10(7-11(12)14)20(15,18)19/h5-7,16-17H,3-4,8-9H2,1-2H3,(H2,15,18,19). The van der Waals surface area contributed by atoms with Gasteiger partial charge in [-0.15, -0.1) is 0 Å². The molecule has 0 heterocycles. The van der Waals surface area contributed by atoms with Crippen molar-refractivity contribution in [1.29, 1.82) is 0 Å². The van der Waals surface area contributed by atoms with Gasteiger partial charge in [-0.25, -0.2) is 17.9 Å². The lowest BCUT2D eigenvalue weighted by molar-refractivity contribution is 0.127. The minimum absolute atomic E-state index is 0.00385. The molecule has 0 aliphatic heterocycles. The van der Waals surface area contributed by atoms with Gasteiger partial charge in [-0.3, -0.25) is 0 Å². The van der Waals surface area contributed by atoms with Crippen LogP contribution in [0.2, 0.25) is 0 Å². The molecule has 4 N–H and O–H groups in total. The first-order valence-electron chi connectivity index (χ1n) is 6.45. The molecule has 0 unspecified atom stereocenters. The highest BCUT2D eigenvalue weighted by Gasteiger charge is 2.25. The Labute approximate surface area is 119 Å². The second-order valence-electron chi connectivity index (χ2n) is 4.91. The fourth-order valence-electron chi connectivity index (χ4n) is 1.88. The molecule has 0 spiro atoms. The van der Waals surface area contributed by atoms with E-state index in [2.05, 4.69) is 5.32 Å². The van der Waals surface area contributed by atoms with Gasteiger partial charge in [-0.05, 0) is 31.0 Å². The molecule has 0 aliphatic carbocycles. The Morgan fingerprint density at radius 1 is 1.35 bits per heavy atom. The molecular formula is C13H21FN2O3S. The molecule has 1 aromatic carbocycles. The summed E-state index contributed by atoms with van der Waals surface area (Å²) in [5.41, 5.74) is -0.123. The van der Waals surface area contributed by atoms with Crippen molar-refractivity contribution in [1.82, 2.24) is 0 Å². The minimum atomic E-state index is -3.91. The molecule has 0 saturated carbocycles. The predicted molar refractivity (Wildman–Crippen MR) is 76.4 cm³/mol. The van der Waals surface area contributed by atoms with Crippen LogP contribution < -0.4 is 10.5 Å². The third-order valence-corrected chi connectivity index (χ3v) is 4.67. The van der Waals surface area contributed by atoms with Gasteiger partial charge < -0.3 is 10.4 Å². The van der Waals surface area contributed by atoms with Crippen LogP contribution in [0.1, 0.15) is 26.7 Å². The summed E-state index contributed by atoms with van der Waals surface area (Å²) in [6.07, 6.45) is 1.51. The van der Waals surface area contributed by atoms with Crippen LogP contribution in [0.15, 0.2) is 23.1 Å². The van der Waals surface area contributed by atoms with Crippen LogP contribution in [0, 0.1) is 11.2 Å². The molecular weight excluding hydrogens is 283 g/mol. The van der Waals surface area contributed by atoms with E-state index in [-0.39, 0.29) is 22.6 Å². The van der Waals surface area contributed by atoms with Crippen molar-refractivity contribution in [2.45, 2.75) is 31.6 Å². The van der Waals surface area contributed by atoms with Gasteiger partial charge in [-0.2, -0.15) is 0 Å². The van der Waals surface area contributed by atoms with Gasteiger partial charge in [0.1, 0.15) is 5.82 Å². The van der Waals surface area contributed by atoms with Crippen molar-refractivity contribution in [3.8, 4) is 0 Å². The highest BCUT2D eigenvalue weighted by Crippen LogP contribution is 2.27. The molecule has 1 rings (SSSR count). The summed E-state index contributed by atoms with van der Waals surface area (Å²) in [5, 5.41) is 17.3. The molecule has 0 bridgehead atoms. The average molecular weight is 304 g/mol. The number of benzene rings is 1. The van der Waals surface area contributed by atoms with Crippen molar-refractivity contribution in [2.75, 3.05) is 18.5 Å². The maximum atomic E-state index is 13.8. The number of anilines is 1. The first kappa shape index (κ1) is 16.9. The number of primary sulfonamides is 1. The van der Waals surface area contributed by atoms with E-state index in [0.29, 0.717) is 6.54 Å². The van der Waals surface area contributed by atoms with E-state index in [1.54, 1.807) is 0 Å². The molecule has 0 radical (unpaired) electrons. The zero-order valence-electron chi connectivity index (χ0n) is 11.7. The topological polar surface area (TPSA) is 92.4 Å². The molecule has 0 aromatic heterocycles. The lowest BCUT2D eigenvalue weighted by Gasteiger charge is -2.30. The molecule has 114 valence electrons. The Morgan fingerprint density at radius 3 is 2.35 bits per heavy atom. The van der Waals surface area contributed by atoms with Gasteiger partial charge in [0.05, 0.1) is 17.2 Å². The largest absolute Gasteiger partial charge is 0.396 e. The van der Waals surface area contributed by atoms with Crippen LogP contribution in [-0.4, -0.2) is 26.7 Å². The van der Waals surface area contributed by atoms with Gasteiger partial charge in [0.2, 0.25) is 10.0 Å². The maximum absolute atomic E-state index is 13.8. The van der Waals surface area contributed by atoms with Crippen molar-refractivity contribution in [2.24, 2.45) is 10.6 Å². The average Bonchev–Trinajstić information content (AvgIpc) is 2.41. The number of nitrogens with two attached hydrogens (primary N) is 1. The summed E-state index contributed by atoms with van der Waals surface area (Å²) in [6, 6.07) is 3.47. The molecule has 5 nitrogen and oxygen atoms in total. The SMILES string of the molecule is CCC(CC)(CO)CNc1ccc(S(N)(=O)=O)cc1F. The van der Waals surface area contributed by atoms with Gasteiger partial charge in [-0.1, -0.05) is 13.8 Å². The zero-order valence-corrected chi connectivity index (χ0v) is 12.5. The zero-order chi connectivity index (χ0) is 15.4. The monoisotopic (exact) mass is 304 g/mol. The molecule has 0 amide bonds. The van der Waals surface area contributed by atoms with Crippen LogP contribution in [0.25, 0.3) is 0 Å². The van der Waals surface area contributed by atoms with Crippen LogP contribution in [0.3, 0.4) is 0 Å². The van der Waals surface area contributed by atoms with Gasteiger partial charge in [0, 0.05) is 12.0 Å². The molecule has 0 atom stereocenters. The lowest BCUT2D eigenvalue weighted by atomic mass is 9.83. The van der Waals surface area contributed by atoms with Gasteiger partial charge in [0.15, 0.2) is 0 Å². The van der Waals surface area contributed by atoms with Gasteiger partial charge >= 0.3 is 0 Å². The second-order valence-corrected chi connectivity index (χ2v) is 6.47. The fourth-order valence-corrected chi connectivity index (χ4v) is 2.40. The van der Waals surface area contributed by atoms with E-state index >= 15 is 0 Å². The number of sulfonamides is 1. The third-order valence-electron chi connectivity index (χ3n) is 3.76. The van der Waals surface area contributed by atoms with Crippen molar-refractivity contribution >= 4 is 15.7 Å². The number of hydrogen-bond donors (Lipinski definition) is 3. The number of hydrogen-bond acceptors (Lipinski definition) is 4. The first-order chi connectivity index (χ1) is 9.28. The summed E-state index contributed by atoms with van der Waals surface area (Å²) in [5.74, 6) is -0.685. The van der Waals surface area contributed by atoms with Gasteiger partial charge in [0.25, 0.3) is 0 Å². The Bertz CT molecular complexity index is 548. The number of aliphatic hydroxyl groups is 1. The smallest absolute Gasteiger partial charge is 0.238 e. The second kappa shape index (κ2) is 6.51. The molecule has 0 aliphatic rings. The summed E-state index contributed by atoms with van der Waals surface area (Å²) < 4.78 is 36.0. The summed E-state index contributed by atoms with van der Waals surface area (Å²) in [4.78, 5) is -0.264. The number of rotatable bonds is 7. The predicted octanol–water partition coefficient (Wildman–Crippen LogP) is 1.68. The highest BCUT2D eigenvalue weighted by molar-refractivity contribution is 7.89. The van der Waals surface area contributed by atoms with E-state index in [9.17, 15) is 17.9 Å². The Balaban J connectivity index is 2.90. The van der Waals surface area contributed by atoms with E-state index in [1.165, 1.54) is 12.1 Å². The first-order valence-corrected chi connectivity index (χ1v) is 7.99. The minimum Gasteiger partial charge on any atom is -0.396 e. The number of nitrogens with one attached hydrogen (secondary N) is 1. The van der Waals surface area contributed by atoms with E-state index in [4.69, 9.17) is 5.14 Å². The lowest BCUT2D eigenvalue weighted by Crippen LogP contribution is -2.32. The summed E-state index contributed by atoms with van der Waals surface area (Å²) in [6.45, 7) is 4.33. The summed E-state index contributed by atoms with van der Waals surface area (Å²) in [7, 11) is -3.91. The fraction of sp³-hybridized carbons (Fsp3) is 0.538. The normalized spacial score (nSPS) is 12.4. The van der Waals surface area contributed by atoms with Crippen LogP contribution in [0.5, 0.6) is 0 Å². The quantitative estimate of drug-likeness (QED) is 0.714. The van der Waals surface area contributed by atoms with Crippen molar-refractivity contribution < 1.29 is 17.9 Å². The van der Waals surface area contributed by atoms with Crippen LogP contribution in [-0.2, 0) is 10.0 Å². The molecule has 1 aromatic rings. The summed E-state index contributed by atoms with van der Waals surface area (Å²) >= 11 is 0. The number of halogens is 1. The molecule has 20 heavy (non-hydrogen) atoms. The van der Waals surface area contributed by atoms with E-state index < -0.39 is 15.8 Å². The molecule has 7 heteroatoms. The van der Waals surface area contributed by atoms with Crippen molar-refractivity contribution in [3.63, 3.8) is 0 Å². The Morgan fingerprint density at radius 2 is 1.95 bits per heavy atom. The molecule has 0 fully saturated rings. The number of aliphatic hydroxyl groups excluding tert-OH is 1. The maximum Gasteiger partial charge on any atom is 0.238 e. The third kappa shape index (κ3) is 3.91. The highest BCUT2D eigenvalue weighted by atomic mass is 32.2.